The van der Waals surface area contributed by atoms with Gasteiger partial charge in [-0.15, -0.1) is 0 Å². The second-order valence-electron chi connectivity index (χ2n) is 13.8. The highest BCUT2D eigenvalue weighted by Gasteiger charge is 2.58. The van der Waals surface area contributed by atoms with Crippen LogP contribution in [0.25, 0.3) is 11.1 Å². The Hall–Kier alpha value is -2.89. The number of hydrogen-bond donors (Lipinski definition) is 0. The smallest absolute Gasteiger partial charge is 0.400 e. The van der Waals surface area contributed by atoms with Crippen LogP contribution in [0.1, 0.15) is 84.4 Å². The number of hydrogen-bond acceptors (Lipinski definition) is 4. The third kappa shape index (κ3) is 4.93. The fourth-order valence-electron chi connectivity index (χ4n) is 6.20. The van der Waals surface area contributed by atoms with Crippen molar-refractivity contribution in [2.24, 2.45) is 0 Å². The summed E-state index contributed by atoms with van der Waals surface area (Å²) in [5, 5.41) is 0. The van der Waals surface area contributed by atoms with Crippen molar-refractivity contribution in [1.82, 2.24) is 0 Å². The van der Waals surface area contributed by atoms with Gasteiger partial charge in [0.15, 0.2) is 0 Å². The summed E-state index contributed by atoms with van der Waals surface area (Å²) >= 11 is 0. The van der Waals surface area contributed by atoms with Gasteiger partial charge in [0.1, 0.15) is 0 Å². The summed E-state index contributed by atoms with van der Waals surface area (Å²) in [6, 6.07) is 32.1. The van der Waals surface area contributed by atoms with Gasteiger partial charge in [-0.3, -0.25) is 0 Å². The molecule has 0 bridgehead atoms. The van der Waals surface area contributed by atoms with E-state index in [-0.39, 0.29) is 5.92 Å². The summed E-state index contributed by atoms with van der Waals surface area (Å²) in [5.41, 5.74) is 6.04. The van der Waals surface area contributed by atoms with Crippen molar-refractivity contribution in [2.45, 2.75) is 90.1 Å². The summed E-state index contributed by atoms with van der Waals surface area (Å²) in [7, 11) is -1.10. The van der Waals surface area contributed by atoms with E-state index in [1.165, 1.54) is 16.7 Å². The van der Waals surface area contributed by atoms with Gasteiger partial charge in [0.2, 0.25) is 0 Å². The fraction of sp³-hybridized carbons (Fsp3) is 0.389. The molecule has 1 aliphatic carbocycles. The molecular weight excluding hydrogens is 518 g/mol. The van der Waals surface area contributed by atoms with E-state index >= 15 is 0 Å². The topological polar surface area (TPSA) is 36.9 Å². The van der Waals surface area contributed by atoms with Crippen LogP contribution in [0.2, 0.25) is 0 Å². The monoisotopic (exact) mass is 560 g/mol. The zero-order valence-electron chi connectivity index (χ0n) is 26.2. The van der Waals surface area contributed by atoms with Gasteiger partial charge >= 0.3 is 14.2 Å². The number of benzene rings is 3. The lowest BCUT2D eigenvalue weighted by Crippen LogP contribution is -2.41. The van der Waals surface area contributed by atoms with Gasteiger partial charge in [0.25, 0.3) is 0 Å². The van der Waals surface area contributed by atoms with Gasteiger partial charge in [-0.05, 0) is 101 Å². The van der Waals surface area contributed by atoms with Gasteiger partial charge < -0.3 is 18.6 Å². The van der Waals surface area contributed by atoms with Crippen molar-refractivity contribution in [3.05, 3.63) is 119 Å². The van der Waals surface area contributed by atoms with Crippen molar-refractivity contribution < 1.29 is 18.6 Å². The minimum absolute atomic E-state index is 0.0254. The number of allylic oxidation sites excluding steroid dienone is 4. The van der Waals surface area contributed by atoms with E-state index in [1.54, 1.807) is 0 Å². The minimum atomic E-state index is -0.561. The molecule has 0 spiro atoms. The van der Waals surface area contributed by atoms with Gasteiger partial charge in [0, 0.05) is 5.92 Å². The fourth-order valence-corrected chi connectivity index (χ4v) is 6.20. The van der Waals surface area contributed by atoms with Gasteiger partial charge in [-0.2, -0.15) is 0 Å². The first kappa shape index (κ1) is 29.2. The number of rotatable bonds is 5. The SMILES string of the molecule is CC1(C)OB(C2=C(c3ccccc3)C[C@H](c3ccccc3)C(B3OC(C)(C)C(C)(C)O3)=C2c2ccccc2)OC1(C)C. The van der Waals surface area contributed by atoms with Crippen molar-refractivity contribution in [3.63, 3.8) is 0 Å². The maximum absolute atomic E-state index is 6.86. The average Bonchev–Trinajstić information content (AvgIpc) is 3.32. The van der Waals surface area contributed by atoms with Crippen LogP contribution in [-0.4, -0.2) is 36.6 Å². The lowest BCUT2D eigenvalue weighted by atomic mass is 9.54. The summed E-state index contributed by atoms with van der Waals surface area (Å²) in [4.78, 5) is 0. The first-order valence-electron chi connectivity index (χ1n) is 15.2. The molecule has 0 saturated carbocycles. The largest absolute Gasteiger partial charge is 0.495 e. The van der Waals surface area contributed by atoms with Crippen molar-refractivity contribution in [3.8, 4) is 0 Å². The molecule has 6 heteroatoms. The standard InChI is InChI=1S/C36H42B2O4/c1-33(2)34(3,4)40-37(39-33)31-28(25-18-12-9-13-19-25)24-29(26-20-14-10-15-21-26)32(30(31)27-22-16-11-17-23-27)38-41-35(5,6)36(7,8)42-38/h9-23,28H,24H2,1-8H3/t28-/m1/s1. The molecule has 2 aliphatic heterocycles. The van der Waals surface area contributed by atoms with Gasteiger partial charge in [-0.1, -0.05) is 91.0 Å². The van der Waals surface area contributed by atoms with Gasteiger partial charge in [-0.25, -0.2) is 0 Å². The summed E-state index contributed by atoms with van der Waals surface area (Å²) in [5.74, 6) is 0.0254. The second kappa shape index (κ2) is 10.4. The average molecular weight is 560 g/mol. The minimum Gasteiger partial charge on any atom is -0.400 e. The maximum Gasteiger partial charge on any atom is 0.495 e. The first-order valence-corrected chi connectivity index (χ1v) is 15.2. The van der Waals surface area contributed by atoms with Crippen molar-refractivity contribution in [1.29, 1.82) is 0 Å². The quantitative estimate of drug-likeness (QED) is 0.294. The third-order valence-electron chi connectivity index (χ3n) is 10.0. The van der Waals surface area contributed by atoms with Crippen LogP contribution in [0.4, 0.5) is 0 Å². The Morgan fingerprint density at radius 2 is 0.929 bits per heavy atom. The molecular formula is C36H42B2O4. The van der Waals surface area contributed by atoms with Crippen LogP contribution in [0.15, 0.2) is 102 Å². The first-order chi connectivity index (χ1) is 19.8. The van der Waals surface area contributed by atoms with E-state index in [0.29, 0.717) is 0 Å². The molecule has 4 nitrogen and oxygen atoms in total. The molecule has 0 N–H and O–H groups in total. The lowest BCUT2D eigenvalue weighted by Gasteiger charge is -2.35. The van der Waals surface area contributed by atoms with Crippen LogP contribution < -0.4 is 0 Å². The normalized spacial score (nSPS) is 24.4. The molecule has 2 saturated heterocycles. The van der Waals surface area contributed by atoms with Crippen LogP contribution in [0.5, 0.6) is 0 Å². The highest BCUT2D eigenvalue weighted by Crippen LogP contribution is 2.54. The zero-order valence-corrected chi connectivity index (χ0v) is 26.2. The molecule has 2 heterocycles. The predicted octanol–water partition coefficient (Wildman–Crippen LogP) is 8.34. The van der Waals surface area contributed by atoms with Gasteiger partial charge in [0.05, 0.1) is 22.4 Å². The third-order valence-corrected chi connectivity index (χ3v) is 10.0. The molecule has 216 valence electrons. The van der Waals surface area contributed by atoms with Crippen molar-refractivity contribution in [2.75, 3.05) is 0 Å². The highest BCUT2D eigenvalue weighted by atomic mass is 16.7. The molecule has 2 fully saturated rings. The van der Waals surface area contributed by atoms with Crippen LogP contribution in [0, 0.1) is 0 Å². The van der Waals surface area contributed by atoms with Crippen LogP contribution in [-0.2, 0) is 18.6 Å². The Labute approximate surface area is 252 Å². The molecule has 0 radical (unpaired) electrons. The highest BCUT2D eigenvalue weighted by molar-refractivity contribution is 6.64. The Morgan fingerprint density at radius 3 is 1.40 bits per heavy atom. The Bertz CT molecular complexity index is 1480. The summed E-state index contributed by atoms with van der Waals surface area (Å²) < 4.78 is 27.4. The predicted molar refractivity (Wildman–Crippen MR) is 173 cm³/mol. The Balaban J connectivity index is 1.69. The lowest BCUT2D eigenvalue weighted by molar-refractivity contribution is 0.00578. The van der Waals surface area contributed by atoms with Crippen LogP contribution >= 0.6 is 0 Å². The molecule has 3 aliphatic rings. The van der Waals surface area contributed by atoms with E-state index in [4.69, 9.17) is 18.6 Å². The molecule has 42 heavy (non-hydrogen) atoms. The van der Waals surface area contributed by atoms with E-state index in [2.05, 4.69) is 146 Å². The molecule has 0 aromatic heterocycles. The molecule has 0 unspecified atom stereocenters. The van der Waals surface area contributed by atoms with Crippen molar-refractivity contribution >= 4 is 25.4 Å². The molecule has 3 aromatic rings. The molecule has 1 atom stereocenters. The van der Waals surface area contributed by atoms with E-state index in [1.807, 2.05) is 0 Å². The van der Waals surface area contributed by atoms with E-state index in [0.717, 1.165) is 28.5 Å². The Kier molecular flexibility index (Phi) is 7.21. The molecule has 0 amide bonds. The molecule has 3 aromatic carbocycles. The summed E-state index contributed by atoms with van der Waals surface area (Å²) in [6.45, 7) is 17.0. The second-order valence-corrected chi connectivity index (χ2v) is 13.8. The summed E-state index contributed by atoms with van der Waals surface area (Å²) in [6.07, 6.45) is 0.767. The van der Waals surface area contributed by atoms with E-state index < -0.39 is 36.6 Å². The maximum atomic E-state index is 6.86. The van der Waals surface area contributed by atoms with E-state index in [9.17, 15) is 0 Å². The van der Waals surface area contributed by atoms with Crippen LogP contribution in [0.3, 0.4) is 0 Å². The Morgan fingerprint density at radius 1 is 0.524 bits per heavy atom. The zero-order chi connectivity index (χ0) is 29.9. The molecule has 6 rings (SSSR count).